The van der Waals surface area contributed by atoms with Crippen molar-refractivity contribution in [3.8, 4) is 5.75 Å². The molecule has 1 aromatic carbocycles. The summed E-state index contributed by atoms with van der Waals surface area (Å²) >= 11 is 0. The normalized spacial score (nSPS) is 16.8. The first-order valence-electron chi connectivity index (χ1n) is 5.82. The number of hydrogen-bond acceptors (Lipinski definition) is 5. The maximum atomic E-state index is 12.0. The molecule has 3 N–H and O–H groups in total. The second-order valence-electron chi connectivity index (χ2n) is 4.16. The average Bonchev–Trinajstić information content (AvgIpc) is 2.39. The molecule has 0 radical (unpaired) electrons. The van der Waals surface area contributed by atoms with Crippen LogP contribution in [0.3, 0.4) is 0 Å². The van der Waals surface area contributed by atoms with Crippen molar-refractivity contribution in [2.45, 2.75) is 0 Å². The first kappa shape index (κ1) is 14.6. The molecule has 0 spiro atoms. The van der Waals surface area contributed by atoms with Gasteiger partial charge in [-0.05, 0) is 12.1 Å². The fourth-order valence-electron chi connectivity index (χ4n) is 1.78. The second kappa shape index (κ2) is 5.65. The van der Waals surface area contributed by atoms with Crippen LogP contribution in [0.15, 0.2) is 18.2 Å². The maximum Gasteiger partial charge on any atom is 0.339 e. The van der Waals surface area contributed by atoms with E-state index in [2.05, 4.69) is 4.72 Å². The number of morpholine rings is 1. The molecule has 2 rings (SSSR count). The highest BCUT2D eigenvalue weighted by atomic mass is 32.2. The van der Waals surface area contributed by atoms with Crippen molar-refractivity contribution in [3.05, 3.63) is 23.8 Å². The van der Waals surface area contributed by atoms with Gasteiger partial charge in [0.15, 0.2) is 0 Å². The molecule has 0 amide bonds. The number of aromatic hydroxyl groups is 1. The summed E-state index contributed by atoms with van der Waals surface area (Å²) in [6, 6.07) is 3.47. The number of carbonyl (C=O) groups is 1. The van der Waals surface area contributed by atoms with Gasteiger partial charge < -0.3 is 14.9 Å². The molecule has 0 bridgehead atoms. The Morgan fingerprint density at radius 3 is 2.50 bits per heavy atom. The summed E-state index contributed by atoms with van der Waals surface area (Å²) in [5.74, 6) is -1.79. The van der Waals surface area contributed by atoms with Crippen LogP contribution in [0.25, 0.3) is 0 Å². The summed E-state index contributed by atoms with van der Waals surface area (Å²) in [5, 5.41) is 18.3. The van der Waals surface area contributed by atoms with Gasteiger partial charge in [-0.1, -0.05) is 0 Å². The van der Waals surface area contributed by atoms with Gasteiger partial charge >= 0.3 is 16.2 Å². The second-order valence-corrected chi connectivity index (χ2v) is 5.83. The zero-order chi connectivity index (χ0) is 14.8. The van der Waals surface area contributed by atoms with Crippen molar-refractivity contribution in [1.29, 1.82) is 0 Å². The smallest absolute Gasteiger partial charge is 0.339 e. The molecule has 1 aliphatic heterocycles. The molecule has 1 heterocycles. The summed E-state index contributed by atoms with van der Waals surface area (Å²) in [6.45, 7) is 1.14. The molecule has 1 fully saturated rings. The molecule has 20 heavy (non-hydrogen) atoms. The van der Waals surface area contributed by atoms with Crippen LogP contribution in [0.2, 0.25) is 0 Å². The van der Waals surface area contributed by atoms with E-state index in [4.69, 9.17) is 9.84 Å². The molecule has 0 unspecified atom stereocenters. The third-order valence-corrected chi connectivity index (χ3v) is 4.32. The van der Waals surface area contributed by atoms with Gasteiger partial charge in [-0.15, -0.1) is 0 Å². The highest BCUT2D eigenvalue weighted by Crippen LogP contribution is 2.23. The Morgan fingerprint density at radius 1 is 1.30 bits per heavy atom. The van der Waals surface area contributed by atoms with Crippen LogP contribution in [-0.2, 0) is 14.9 Å². The Kier molecular flexibility index (Phi) is 4.12. The minimum atomic E-state index is -3.74. The molecule has 0 aromatic heterocycles. The van der Waals surface area contributed by atoms with Crippen LogP contribution in [0.4, 0.5) is 5.69 Å². The molecule has 1 aliphatic rings. The SMILES string of the molecule is O=C(O)c1ccc(NS(=O)(=O)N2CCOCC2)cc1O. The lowest BCUT2D eigenvalue weighted by molar-refractivity contribution is 0.0693. The van der Waals surface area contributed by atoms with Gasteiger partial charge in [0.2, 0.25) is 0 Å². The molecule has 110 valence electrons. The topological polar surface area (TPSA) is 116 Å². The monoisotopic (exact) mass is 302 g/mol. The number of phenols is 1. The molecule has 8 nitrogen and oxygen atoms in total. The van der Waals surface area contributed by atoms with E-state index < -0.39 is 21.9 Å². The third-order valence-electron chi connectivity index (χ3n) is 2.78. The molecular weight excluding hydrogens is 288 g/mol. The van der Waals surface area contributed by atoms with E-state index >= 15 is 0 Å². The Hall–Kier alpha value is -1.84. The molecule has 0 saturated carbocycles. The van der Waals surface area contributed by atoms with Gasteiger partial charge in [0.25, 0.3) is 0 Å². The van der Waals surface area contributed by atoms with Gasteiger partial charge in [-0.3, -0.25) is 4.72 Å². The Morgan fingerprint density at radius 2 is 1.95 bits per heavy atom. The van der Waals surface area contributed by atoms with Gasteiger partial charge in [0.1, 0.15) is 11.3 Å². The lowest BCUT2D eigenvalue weighted by Gasteiger charge is -2.26. The minimum absolute atomic E-state index is 0.0963. The van der Waals surface area contributed by atoms with Gasteiger partial charge in [0.05, 0.1) is 18.9 Å². The van der Waals surface area contributed by atoms with Crippen LogP contribution < -0.4 is 4.72 Å². The predicted molar refractivity (Wildman–Crippen MR) is 70.0 cm³/mol. The fraction of sp³-hybridized carbons (Fsp3) is 0.364. The molecular formula is C11H14N2O6S. The van der Waals surface area contributed by atoms with Gasteiger partial charge in [0, 0.05) is 19.2 Å². The largest absolute Gasteiger partial charge is 0.507 e. The lowest BCUT2D eigenvalue weighted by Crippen LogP contribution is -2.43. The Bertz CT molecular complexity index is 609. The summed E-state index contributed by atoms with van der Waals surface area (Å²) < 4.78 is 32.7. The van der Waals surface area contributed by atoms with E-state index in [0.29, 0.717) is 13.2 Å². The number of carboxylic acids is 1. The number of benzene rings is 1. The highest BCUT2D eigenvalue weighted by Gasteiger charge is 2.24. The summed E-state index contributed by atoms with van der Waals surface area (Å²) in [5.41, 5.74) is -0.196. The summed E-state index contributed by atoms with van der Waals surface area (Å²) in [6.07, 6.45) is 0. The number of aromatic carboxylic acids is 1. The van der Waals surface area contributed by atoms with Gasteiger partial charge in [-0.2, -0.15) is 12.7 Å². The zero-order valence-corrected chi connectivity index (χ0v) is 11.3. The van der Waals surface area contributed by atoms with Crippen LogP contribution >= 0.6 is 0 Å². The number of nitrogens with zero attached hydrogens (tertiary/aromatic N) is 1. The fourth-order valence-corrected chi connectivity index (χ4v) is 2.96. The summed E-state index contributed by atoms with van der Waals surface area (Å²) in [4.78, 5) is 10.7. The zero-order valence-electron chi connectivity index (χ0n) is 10.4. The van der Waals surface area contributed by atoms with E-state index in [1.165, 1.54) is 10.4 Å². The minimum Gasteiger partial charge on any atom is -0.507 e. The van der Waals surface area contributed by atoms with Crippen LogP contribution in [0.1, 0.15) is 10.4 Å². The lowest BCUT2D eigenvalue weighted by atomic mass is 10.2. The van der Waals surface area contributed by atoms with Crippen molar-refractivity contribution in [2.24, 2.45) is 0 Å². The van der Waals surface area contributed by atoms with Gasteiger partial charge in [-0.25, -0.2) is 4.79 Å². The molecule has 9 heteroatoms. The number of ether oxygens (including phenoxy) is 1. The van der Waals surface area contributed by atoms with E-state index in [1.54, 1.807) is 0 Å². The van der Waals surface area contributed by atoms with Crippen molar-refractivity contribution < 1.29 is 28.2 Å². The van der Waals surface area contributed by atoms with Crippen molar-refractivity contribution in [3.63, 3.8) is 0 Å². The first-order chi connectivity index (χ1) is 9.40. The van der Waals surface area contributed by atoms with Crippen molar-refractivity contribution in [1.82, 2.24) is 4.31 Å². The molecule has 0 aliphatic carbocycles. The highest BCUT2D eigenvalue weighted by molar-refractivity contribution is 7.90. The first-order valence-corrected chi connectivity index (χ1v) is 7.26. The Balaban J connectivity index is 2.17. The summed E-state index contributed by atoms with van der Waals surface area (Å²) in [7, 11) is -3.74. The molecule has 1 aromatic rings. The number of anilines is 1. The van der Waals surface area contributed by atoms with Crippen LogP contribution in [0.5, 0.6) is 5.75 Å². The van der Waals surface area contributed by atoms with Crippen molar-refractivity contribution >= 4 is 21.9 Å². The van der Waals surface area contributed by atoms with E-state index in [1.807, 2.05) is 0 Å². The molecule has 1 saturated heterocycles. The van der Waals surface area contributed by atoms with E-state index in [0.717, 1.165) is 12.1 Å². The standard InChI is InChI=1S/C11H14N2O6S/c14-10-7-8(1-2-9(10)11(15)16)12-20(17,18)13-3-5-19-6-4-13/h1-2,7,12,14H,3-6H2,(H,15,16). The van der Waals surface area contributed by atoms with Crippen molar-refractivity contribution in [2.75, 3.05) is 31.0 Å². The van der Waals surface area contributed by atoms with Crippen LogP contribution in [0, 0.1) is 0 Å². The number of rotatable bonds is 4. The number of hydrogen-bond donors (Lipinski definition) is 3. The Labute approximate surface area is 115 Å². The predicted octanol–water partition coefficient (Wildman–Crippen LogP) is 0.0793. The number of carboxylic acid groups (broad SMARTS) is 1. The van der Waals surface area contributed by atoms with Crippen LogP contribution in [-0.4, -0.2) is 55.2 Å². The number of nitrogens with one attached hydrogen (secondary N) is 1. The maximum absolute atomic E-state index is 12.0. The van der Waals surface area contributed by atoms with E-state index in [9.17, 15) is 18.3 Å². The van der Waals surface area contributed by atoms with E-state index in [-0.39, 0.29) is 24.3 Å². The average molecular weight is 302 g/mol. The quantitative estimate of drug-likeness (QED) is 0.725. The third kappa shape index (κ3) is 3.18. The molecule has 0 atom stereocenters.